The largest absolute Gasteiger partial charge is 0.495 e. The summed E-state index contributed by atoms with van der Waals surface area (Å²) >= 11 is 12.7. The minimum absolute atomic E-state index is 0.000998. The third-order valence-electron chi connectivity index (χ3n) is 6.33. The lowest BCUT2D eigenvalue weighted by molar-refractivity contribution is -0.139. The molecule has 0 aliphatic heterocycles. The molecule has 3 rings (SSSR count). The van der Waals surface area contributed by atoms with Gasteiger partial charge >= 0.3 is 0 Å². The summed E-state index contributed by atoms with van der Waals surface area (Å²) in [7, 11) is -2.77. The van der Waals surface area contributed by atoms with Crippen LogP contribution in [0.1, 0.15) is 31.4 Å². The van der Waals surface area contributed by atoms with Crippen molar-refractivity contribution in [1.29, 1.82) is 0 Å². The summed E-state index contributed by atoms with van der Waals surface area (Å²) in [4.78, 5) is 28.2. The van der Waals surface area contributed by atoms with Gasteiger partial charge in [0.15, 0.2) is 0 Å². The van der Waals surface area contributed by atoms with E-state index in [9.17, 15) is 18.0 Å². The predicted octanol–water partition coefficient (Wildman–Crippen LogP) is 5.45. The van der Waals surface area contributed by atoms with Crippen molar-refractivity contribution in [2.45, 2.75) is 44.7 Å². The lowest BCUT2D eigenvalue weighted by atomic mass is 10.1. The highest BCUT2D eigenvalue weighted by atomic mass is 35.5. The first-order valence-corrected chi connectivity index (χ1v) is 14.9. The van der Waals surface area contributed by atoms with E-state index in [2.05, 4.69) is 5.32 Å². The number of nitrogens with zero attached hydrogens (tertiary/aromatic N) is 2. The highest BCUT2D eigenvalue weighted by molar-refractivity contribution is 7.92. The Morgan fingerprint density at radius 1 is 1.00 bits per heavy atom. The van der Waals surface area contributed by atoms with Gasteiger partial charge in [0.1, 0.15) is 18.3 Å². The number of methoxy groups -OCH3 is 1. The summed E-state index contributed by atoms with van der Waals surface area (Å²) in [6, 6.07) is 16.9. The average Bonchev–Trinajstić information content (AvgIpc) is 2.93. The number of aryl methyl sites for hydroxylation is 1. The lowest BCUT2D eigenvalue weighted by Gasteiger charge is -2.32. The summed E-state index contributed by atoms with van der Waals surface area (Å²) in [5.41, 5.74) is 1.67. The van der Waals surface area contributed by atoms with E-state index in [4.69, 9.17) is 27.9 Å². The van der Waals surface area contributed by atoms with E-state index >= 15 is 0 Å². The molecule has 0 aliphatic rings. The molecule has 1 atom stereocenters. The Kier molecular flexibility index (Phi) is 10.8. The molecular formula is C29H33Cl2N3O5S. The molecule has 0 radical (unpaired) electrons. The zero-order valence-corrected chi connectivity index (χ0v) is 25.2. The first-order valence-electron chi connectivity index (χ1n) is 12.7. The number of hydrogen-bond acceptors (Lipinski definition) is 5. The average molecular weight is 607 g/mol. The van der Waals surface area contributed by atoms with E-state index in [1.165, 1.54) is 42.3 Å². The van der Waals surface area contributed by atoms with Crippen LogP contribution in [0.5, 0.6) is 5.75 Å². The van der Waals surface area contributed by atoms with Crippen molar-refractivity contribution in [3.63, 3.8) is 0 Å². The minimum Gasteiger partial charge on any atom is -0.495 e. The van der Waals surface area contributed by atoms with Crippen molar-refractivity contribution in [1.82, 2.24) is 10.2 Å². The number of halogens is 2. The molecule has 1 unspecified atom stereocenters. The van der Waals surface area contributed by atoms with Gasteiger partial charge in [0.25, 0.3) is 10.0 Å². The van der Waals surface area contributed by atoms with Gasteiger partial charge in [0.05, 0.1) is 22.7 Å². The van der Waals surface area contributed by atoms with Gasteiger partial charge in [-0.15, -0.1) is 0 Å². The summed E-state index contributed by atoms with van der Waals surface area (Å²) in [5.74, 6) is -0.602. The smallest absolute Gasteiger partial charge is 0.264 e. The first-order chi connectivity index (χ1) is 19.0. The fourth-order valence-corrected chi connectivity index (χ4v) is 5.82. The Labute approximate surface area is 245 Å². The molecule has 0 aromatic heterocycles. The predicted molar refractivity (Wildman–Crippen MR) is 158 cm³/mol. The van der Waals surface area contributed by atoms with Gasteiger partial charge < -0.3 is 15.0 Å². The zero-order valence-electron chi connectivity index (χ0n) is 22.9. The number of ether oxygens (including phenoxy) is 1. The van der Waals surface area contributed by atoms with Crippen molar-refractivity contribution in [3.05, 3.63) is 87.9 Å². The number of carbonyl (C=O) groups excluding carboxylic acids is 2. The van der Waals surface area contributed by atoms with Crippen LogP contribution in [-0.4, -0.2) is 51.4 Å². The highest BCUT2D eigenvalue weighted by Crippen LogP contribution is 2.32. The Morgan fingerprint density at radius 3 is 2.27 bits per heavy atom. The molecule has 1 N–H and O–H groups in total. The number of sulfonamides is 1. The fourth-order valence-electron chi connectivity index (χ4n) is 3.97. The lowest BCUT2D eigenvalue weighted by Crippen LogP contribution is -2.51. The van der Waals surface area contributed by atoms with Crippen LogP contribution in [0, 0.1) is 6.92 Å². The zero-order chi connectivity index (χ0) is 29.4. The molecule has 0 saturated heterocycles. The second kappa shape index (κ2) is 13.9. The Morgan fingerprint density at radius 2 is 1.68 bits per heavy atom. The molecule has 2 amide bonds. The molecule has 0 spiro atoms. The number of carbonyl (C=O) groups is 2. The first kappa shape index (κ1) is 31.3. The SMILES string of the molecule is CCCNC(=O)C(C)N(Cc1ccccc1Cl)C(=O)CN(c1ccc(OC)c(Cl)c1)S(=O)(=O)c1ccc(C)cc1. The monoisotopic (exact) mass is 605 g/mol. The molecule has 0 bridgehead atoms. The van der Waals surface area contributed by atoms with E-state index in [1.54, 1.807) is 43.3 Å². The van der Waals surface area contributed by atoms with Crippen molar-refractivity contribution in [2.75, 3.05) is 24.5 Å². The molecule has 214 valence electrons. The summed E-state index contributed by atoms with van der Waals surface area (Å²) in [5, 5.41) is 3.41. The Bertz CT molecular complexity index is 1450. The van der Waals surface area contributed by atoms with Crippen LogP contribution in [0.3, 0.4) is 0 Å². The number of nitrogens with one attached hydrogen (secondary N) is 1. The van der Waals surface area contributed by atoms with E-state index < -0.39 is 28.5 Å². The molecule has 3 aromatic carbocycles. The number of hydrogen-bond donors (Lipinski definition) is 1. The van der Waals surface area contributed by atoms with Crippen LogP contribution in [-0.2, 0) is 26.2 Å². The molecule has 11 heteroatoms. The van der Waals surface area contributed by atoms with E-state index in [0.29, 0.717) is 22.9 Å². The van der Waals surface area contributed by atoms with Crippen LogP contribution in [0.15, 0.2) is 71.6 Å². The topological polar surface area (TPSA) is 96.0 Å². The van der Waals surface area contributed by atoms with Crippen LogP contribution >= 0.6 is 23.2 Å². The van der Waals surface area contributed by atoms with Gasteiger partial charge in [-0.25, -0.2) is 8.42 Å². The van der Waals surface area contributed by atoms with E-state index in [-0.39, 0.29) is 28.1 Å². The van der Waals surface area contributed by atoms with E-state index in [1.807, 2.05) is 13.8 Å². The Balaban J connectivity index is 2.07. The second-order valence-electron chi connectivity index (χ2n) is 9.22. The molecule has 0 fully saturated rings. The fraction of sp³-hybridized carbons (Fsp3) is 0.310. The molecule has 0 heterocycles. The minimum atomic E-state index is -4.22. The van der Waals surface area contributed by atoms with Gasteiger partial charge in [-0.3, -0.25) is 13.9 Å². The molecule has 40 heavy (non-hydrogen) atoms. The maximum Gasteiger partial charge on any atom is 0.264 e. The van der Waals surface area contributed by atoms with Crippen LogP contribution in [0.2, 0.25) is 10.0 Å². The van der Waals surface area contributed by atoms with Gasteiger partial charge in [-0.1, -0.05) is 66.0 Å². The quantitative estimate of drug-likeness (QED) is 0.296. The number of rotatable bonds is 12. The maximum absolute atomic E-state index is 13.9. The highest BCUT2D eigenvalue weighted by Gasteiger charge is 2.33. The normalized spacial score (nSPS) is 11.9. The second-order valence-corrected chi connectivity index (χ2v) is 11.9. The molecule has 3 aromatic rings. The molecule has 0 saturated carbocycles. The number of anilines is 1. The van der Waals surface area contributed by atoms with Crippen LogP contribution < -0.4 is 14.4 Å². The standard InChI is InChI=1S/C29H33Cl2N3O5S/c1-5-16-32-29(36)21(3)33(18-22-8-6-7-9-25(22)30)28(35)19-34(23-12-15-27(39-4)26(31)17-23)40(37,38)24-13-10-20(2)11-14-24/h6-15,17,21H,5,16,18-19H2,1-4H3,(H,32,36). The van der Waals surface area contributed by atoms with Crippen LogP contribution in [0.25, 0.3) is 0 Å². The number of amides is 2. The van der Waals surface area contributed by atoms with Gasteiger partial charge in [0.2, 0.25) is 11.8 Å². The van der Waals surface area contributed by atoms with Crippen molar-refractivity contribution in [3.8, 4) is 5.75 Å². The van der Waals surface area contributed by atoms with Crippen LogP contribution in [0.4, 0.5) is 5.69 Å². The van der Waals surface area contributed by atoms with Gasteiger partial charge in [-0.05, 0) is 62.2 Å². The third-order valence-corrected chi connectivity index (χ3v) is 8.78. The summed E-state index contributed by atoms with van der Waals surface area (Å²) < 4.78 is 34.0. The van der Waals surface area contributed by atoms with Crippen molar-refractivity contribution in [2.24, 2.45) is 0 Å². The summed E-state index contributed by atoms with van der Waals surface area (Å²) in [6.07, 6.45) is 0.720. The van der Waals surface area contributed by atoms with Gasteiger partial charge in [-0.2, -0.15) is 0 Å². The molecule has 8 nitrogen and oxygen atoms in total. The third kappa shape index (κ3) is 7.47. The Hall–Kier alpha value is -3.27. The molecule has 0 aliphatic carbocycles. The van der Waals surface area contributed by atoms with E-state index in [0.717, 1.165) is 16.3 Å². The number of benzene rings is 3. The molecular weight excluding hydrogens is 573 g/mol. The van der Waals surface area contributed by atoms with Gasteiger partial charge in [0, 0.05) is 18.1 Å². The van der Waals surface area contributed by atoms with Crippen molar-refractivity contribution >= 4 is 50.7 Å². The van der Waals surface area contributed by atoms with Crippen molar-refractivity contribution < 1.29 is 22.7 Å². The maximum atomic E-state index is 13.9. The summed E-state index contributed by atoms with van der Waals surface area (Å²) in [6.45, 7) is 5.22.